The SMILES string of the molecule is CO/N=C1\CCCC2CCCCC12. The Morgan fingerprint density at radius 3 is 2.77 bits per heavy atom. The van der Waals surface area contributed by atoms with Crippen molar-refractivity contribution in [2.45, 2.75) is 44.9 Å². The number of oxime groups is 1. The van der Waals surface area contributed by atoms with Gasteiger partial charge in [0, 0.05) is 5.92 Å². The minimum atomic E-state index is 0.766. The second-order valence-corrected chi connectivity index (χ2v) is 4.31. The van der Waals surface area contributed by atoms with Crippen LogP contribution in [0.1, 0.15) is 44.9 Å². The number of hydrogen-bond donors (Lipinski definition) is 0. The summed E-state index contributed by atoms with van der Waals surface area (Å²) in [6.45, 7) is 0. The molecular weight excluding hydrogens is 162 g/mol. The second kappa shape index (κ2) is 4.12. The van der Waals surface area contributed by atoms with E-state index in [-0.39, 0.29) is 0 Å². The van der Waals surface area contributed by atoms with Gasteiger partial charge in [0.05, 0.1) is 5.71 Å². The molecule has 0 N–H and O–H groups in total. The van der Waals surface area contributed by atoms with Gasteiger partial charge in [0.2, 0.25) is 0 Å². The first kappa shape index (κ1) is 9.04. The van der Waals surface area contributed by atoms with Crippen molar-refractivity contribution in [1.82, 2.24) is 0 Å². The molecule has 2 rings (SSSR count). The van der Waals surface area contributed by atoms with Crippen LogP contribution < -0.4 is 0 Å². The lowest BCUT2D eigenvalue weighted by Crippen LogP contribution is -2.31. The van der Waals surface area contributed by atoms with Crippen LogP contribution in [-0.2, 0) is 4.84 Å². The largest absolute Gasteiger partial charge is 0.399 e. The zero-order chi connectivity index (χ0) is 9.10. The zero-order valence-electron chi connectivity index (χ0n) is 8.46. The van der Waals surface area contributed by atoms with Gasteiger partial charge in [0.1, 0.15) is 7.11 Å². The molecule has 0 saturated heterocycles. The number of nitrogens with zero attached hydrogens (tertiary/aromatic N) is 1. The third kappa shape index (κ3) is 1.87. The summed E-state index contributed by atoms with van der Waals surface area (Å²) in [5.41, 5.74) is 1.35. The van der Waals surface area contributed by atoms with Gasteiger partial charge in [-0.3, -0.25) is 0 Å². The Morgan fingerprint density at radius 2 is 1.92 bits per heavy atom. The van der Waals surface area contributed by atoms with Crippen LogP contribution in [-0.4, -0.2) is 12.8 Å². The molecule has 0 aromatic heterocycles. The highest BCUT2D eigenvalue weighted by Gasteiger charge is 2.32. The Hall–Kier alpha value is -0.530. The Morgan fingerprint density at radius 1 is 1.15 bits per heavy atom. The summed E-state index contributed by atoms with van der Waals surface area (Å²) in [6.07, 6.45) is 9.53. The molecule has 0 aliphatic heterocycles. The van der Waals surface area contributed by atoms with E-state index in [1.165, 1.54) is 50.7 Å². The number of hydrogen-bond acceptors (Lipinski definition) is 2. The summed E-state index contributed by atoms with van der Waals surface area (Å²) >= 11 is 0. The fourth-order valence-electron chi connectivity index (χ4n) is 2.95. The summed E-state index contributed by atoms with van der Waals surface area (Å²) in [4.78, 5) is 4.92. The molecule has 2 unspecified atom stereocenters. The van der Waals surface area contributed by atoms with Crippen LogP contribution in [0, 0.1) is 11.8 Å². The first-order valence-electron chi connectivity index (χ1n) is 5.51. The maximum absolute atomic E-state index is 4.92. The first-order valence-corrected chi connectivity index (χ1v) is 5.51. The fourth-order valence-corrected chi connectivity index (χ4v) is 2.95. The Labute approximate surface area is 80.3 Å². The predicted octanol–water partition coefficient (Wildman–Crippen LogP) is 2.98. The molecule has 0 aromatic rings. The average Bonchev–Trinajstić information content (AvgIpc) is 2.19. The van der Waals surface area contributed by atoms with E-state index in [0.29, 0.717) is 0 Å². The van der Waals surface area contributed by atoms with E-state index in [0.717, 1.165) is 11.8 Å². The van der Waals surface area contributed by atoms with Crippen molar-refractivity contribution in [3.63, 3.8) is 0 Å². The van der Waals surface area contributed by atoms with Crippen LogP contribution in [0.4, 0.5) is 0 Å². The van der Waals surface area contributed by atoms with Gasteiger partial charge in [-0.05, 0) is 38.0 Å². The van der Waals surface area contributed by atoms with E-state index in [9.17, 15) is 0 Å². The molecular formula is C11H19NO. The van der Waals surface area contributed by atoms with Crippen LogP contribution in [0.3, 0.4) is 0 Å². The molecule has 2 nitrogen and oxygen atoms in total. The Bertz CT molecular complexity index is 198. The highest BCUT2D eigenvalue weighted by molar-refractivity contribution is 5.87. The minimum absolute atomic E-state index is 0.766. The van der Waals surface area contributed by atoms with Crippen molar-refractivity contribution < 1.29 is 4.84 Å². The maximum Gasteiger partial charge on any atom is 0.106 e. The summed E-state index contributed by atoms with van der Waals surface area (Å²) in [5.74, 6) is 1.69. The molecule has 13 heavy (non-hydrogen) atoms. The van der Waals surface area contributed by atoms with Crippen molar-refractivity contribution in [1.29, 1.82) is 0 Å². The normalized spacial score (nSPS) is 37.2. The first-order chi connectivity index (χ1) is 6.42. The van der Waals surface area contributed by atoms with Crippen LogP contribution in [0.2, 0.25) is 0 Å². The predicted molar refractivity (Wildman–Crippen MR) is 53.7 cm³/mol. The molecule has 0 heterocycles. The zero-order valence-corrected chi connectivity index (χ0v) is 8.46. The highest BCUT2D eigenvalue weighted by Crippen LogP contribution is 2.38. The molecule has 0 bridgehead atoms. The molecule has 2 aliphatic carbocycles. The highest BCUT2D eigenvalue weighted by atomic mass is 16.6. The maximum atomic E-state index is 4.92. The van der Waals surface area contributed by atoms with Crippen LogP contribution in [0.15, 0.2) is 5.16 Å². The molecule has 0 radical (unpaired) electrons. The van der Waals surface area contributed by atoms with Gasteiger partial charge in [-0.25, -0.2) is 0 Å². The third-order valence-electron chi connectivity index (χ3n) is 3.55. The standard InChI is InChI=1S/C11H19NO/c1-13-12-11-8-4-6-9-5-2-3-7-10(9)11/h9-10H,2-8H2,1H3/b12-11+. The van der Waals surface area contributed by atoms with Crippen LogP contribution in [0.5, 0.6) is 0 Å². The molecule has 0 amide bonds. The number of fused-ring (bicyclic) bond motifs is 1. The van der Waals surface area contributed by atoms with Gasteiger partial charge in [-0.2, -0.15) is 0 Å². The van der Waals surface area contributed by atoms with Crippen molar-refractivity contribution in [2.75, 3.05) is 7.11 Å². The van der Waals surface area contributed by atoms with Gasteiger partial charge in [0.25, 0.3) is 0 Å². The molecule has 2 atom stereocenters. The van der Waals surface area contributed by atoms with E-state index >= 15 is 0 Å². The Balaban J connectivity index is 2.06. The average molecular weight is 181 g/mol. The molecule has 2 heteroatoms. The lowest BCUT2D eigenvalue weighted by molar-refractivity contribution is 0.195. The molecule has 0 aromatic carbocycles. The van der Waals surface area contributed by atoms with Crippen molar-refractivity contribution in [3.8, 4) is 0 Å². The lowest BCUT2D eigenvalue weighted by Gasteiger charge is -2.35. The van der Waals surface area contributed by atoms with Gasteiger partial charge in [0.15, 0.2) is 0 Å². The molecule has 2 aliphatic rings. The van der Waals surface area contributed by atoms with Crippen LogP contribution in [0.25, 0.3) is 0 Å². The van der Waals surface area contributed by atoms with Crippen molar-refractivity contribution >= 4 is 5.71 Å². The Kier molecular flexibility index (Phi) is 2.87. The fraction of sp³-hybridized carbons (Fsp3) is 0.909. The van der Waals surface area contributed by atoms with Crippen molar-refractivity contribution in [2.24, 2.45) is 17.0 Å². The van der Waals surface area contributed by atoms with E-state index < -0.39 is 0 Å². The third-order valence-corrected chi connectivity index (χ3v) is 3.55. The molecule has 74 valence electrons. The minimum Gasteiger partial charge on any atom is -0.399 e. The van der Waals surface area contributed by atoms with E-state index in [1.807, 2.05) is 0 Å². The smallest absolute Gasteiger partial charge is 0.106 e. The summed E-state index contributed by atoms with van der Waals surface area (Å²) in [6, 6.07) is 0. The van der Waals surface area contributed by atoms with E-state index in [4.69, 9.17) is 4.84 Å². The van der Waals surface area contributed by atoms with E-state index in [2.05, 4.69) is 5.16 Å². The molecule has 2 fully saturated rings. The van der Waals surface area contributed by atoms with Gasteiger partial charge in [-0.15, -0.1) is 0 Å². The van der Waals surface area contributed by atoms with Gasteiger partial charge < -0.3 is 4.84 Å². The summed E-state index contributed by atoms with van der Waals surface area (Å²) in [5, 5.41) is 4.18. The van der Waals surface area contributed by atoms with Gasteiger partial charge >= 0.3 is 0 Å². The van der Waals surface area contributed by atoms with E-state index in [1.54, 1.807) is 7.11 Å². The summed E-state index contributed by atoms with van der Waals surface area (Å²) < 4.78 is 0. The molecule has 2 saturated carbocycles. The summed E-state index contributed by atoms with van der Waals surface area (Å²) in [7, 11) is 1.67. The van der Waals surface area contributed by atoms with Crippen molar-refractivity contribution in [3.05, 3.63) is 0 Å². The lowest BCUT2D eigenvalue weighted by atomic mass is 9.70. The quantitative estimate of drug-likeness (QED) is 0.570. The van der Waals surface area contributed by atoms with Crippen LogP contribution >= 0.6 is 0 Å². The second-order valence-electron chi connectivity index (χ2n) is 4.31. The number of rotatable bonds is 1. The topological polar surface area (TPSA) is 21.6 Å². The monoisotopic (exact) mass is 181 g/mol. The molecule has 0 spiro atoms. The van der Waals surface area contributed by atoms with Gasteiger partial charge in [-0.1, -0.05) is 18.0 Å².